The van der Waals surface area contributed by atoms with Crippen molar-refractivity contribution in [3.05, 3.63) is 66.1 Å². The predicted octanol–water partition coefficient (Wildman–Crippen LogP) is 0.731. The number of aromatic nitrogens is 4. The summed E-state index contributed by atoms with van der Waals surface area (Å²) in [4.78, 5) is 25.2. The van der Waals surface area contributed by atoms with Crippen LogP contribution < -0.4 is 20.3 Å². The number of carbonyl (C=O) groups is 2. The second-order valence-electron chi connectivity index (χ2n) is 6.92. The third-order valence-electron chi connectivity index (χ3n) is 4.87. The number of pyridine rings is 2. The molecule has 0 spiro atoms. The van der Waals surface area contributed by atoms with Gasteiger partial charge >= 0.3 is 0 Å². The number of imidazole rings is 1. The van der Waals surface area contributed by atoms with Crippen molar-refractivity contribution in [2.75, 3.05) is 18.9 Å². The van der Waals surface area contributed by atoms with E-state index < -0.39 is 6.47 Å². The van der Waals surface area contributed by atoms with E-state index >= 15 is 0 Å². The summed E-state index contributed by atoms with van der Waals surface area (Å²) in [6.07, 6.45) is 7.59. The fourth-order valence-corrected chi connectivity index (χ4v) is 3.37. The van der Waals surface area contributed by atoms with Gasteiger partial charge in [0, 0.05) is 31.3 Å². The largest absolute Gasteiger partial charge is 0.554 e. The van der Waals surface area contributed by atoms with Crippen molar-refractivity contribution in [2.45, 2.75) is 20.4 Å². The summed E-state index contributed by atoms with van der Waals surface area (Å²) in [5.41, 5.74) is 4.93. The molecule has 32 heavy (non-hydrogen) atoms. The van der Waals surface area contributed by atoms with Crippen LogP contribution in [0.25, 0.3) is 16.9 Å². The first kappa shape index (κ1) is 22.5. The Hall–Kier alpha value is -4.21. The molecule has 0 unspecified atom stereocenters. The van der Waals surface area contributed by atoms with Crippen molar-refractivity contribution in [3.8, 4) is 11.3 Å². The number of fused-ring (bicyclic) bond motifs is 1. The SMILES string of the molecule is CNc1ccc[n+](CCNC(=O)c2ccn3c(-c4c(C)noc4C)cnc3c2)c1.O=C[O-]. The number of aryl methyl sites for hydroxylation is 2. The highest BCUT2D eigenvalue weighted by molar-refractivity contribution is 5.95. The lowest BCUT2D eigenvalue weighted by Crippen LogP contribution is -2.40. The van der Waals surface area contributed by atoms with E-state index in [1.54, 1.807) is 18.3 Å². The molecule has 4 aromatic rings. The van der Waals surface area contributed by atoms with Gasteiger partial charge in [-0.15, -0.1) is 0 Å². The highest BCUT2D eigenvalue weighted by atomic mass is 16.5. The van der Waals surface area contributed by atoms with E-state index in [1.165, 1.54) is 0 Å². The monoisotopic (exact) mass is 436 g/mol. The summed E-state index contributed by atoms with van der Waals surface area (Å²) in [6, 6.07) is 7.54. The lowest BCUT2D eigenvalue weighted by Gasteiger charge is -2.06. The van der Waals surface area contributed by atoms with Gasteiger partial charge in [0.15, 0.2) is 18.9 Å². The number of carbonyl (C=O) groups excluding carboxylic acids is 2. The highest BCUT2D eigenvalue weighted by Crippen LogP contribution is 2.27. The van der Waals surface area contributed by atoms with Crippen LogP contribution in [0.2, 0.25) is 0 Å². The van der Waals surface area contributed by atoms with E-state index in [1.807, 2.05) is 60.6 Å². The zero-order chi connectivity index (χ0) is 23.1. The molecule has 4 rings (SSSR count). The maximum Gasteiger partial charge on any atom is 0.251 e. The second-order valence-corrected chi connectivity index (χ2v) is 6.92. The standard InChI is InChI=1S/C21H22N6O2.CH2O2/c1-14-20(15(2)29-25-14)18-12-24-19-11-16(6-9-27(18)19)21(28)23-7-10-26-8-4-5-17(13-26)22-3;2-1-3/h4-6,8-9,11-13,22H,7,10H2,1-3H3;1H,(H,2,3). The molecule has 2 N–H and O–H groups in total. The van der Waals surface area contributed by atoms with Gasteiger partial charge in [0.2, 0.25) is 0 Å². The zero-order valence-electron chi connectivity index (χ0n) is 18.0. The maximum atomic E-state index is 12.6. The van der Waals surface area contributed by atoms with Gasteiger partial charge in [0.05, 0.1) is 35.4 Å². The highest BCUT2D eigenvalue weighted by Gasteiger charge is 2.17. The van der Waals surface area contributed by atoms with Crippen LogP contribution >= 0.6 is 0 Å². The third kappa shape index (κ3) is 4.91. The minimum atomic E-state index is -0.500. The van der Waals surface area contributed by atoms with Crippen LogP contribution in [0.5, 0.6) is 0 Å². The van der Waals surface area contributed by atoms with Crippen LogP contribution in [0.4, 0.5) is 5.69 Å². The van der Waals surface area contributed by atoms with Crippen molar-refractivity contribution < 1.29 is 23.8 Å². The Morgan fingerprint density at radius 1 is 1.34 bits per heavy atom. The lowest BCUT2D eigenvalue weighted by atomic mass is 10.1. The van der Waals surface area contributed by atoms with Gasteiger partial charge < -0.3 is 25.1 Å². The Bertz CT molecular complexity index is 1210. The van der Waals surface area contributed by atoms with Gasteiger partial charge in [-0.05, 0) is 32.0 Å². The Morgan fingerprint density at radius 2 is 2.12 bits per heavy atom. The zero-order valence-corrected chi connectivity index (χ0v) is 18.0. The molecule has 1 amide bonds. The number of nitrogens with zero attached hydrogens (tertiary/aromatic N) is 4. The number of hydrogen-bond acceptors (Lipinski definition) is 7. The molecule has 10 heteroatoms. The van der Waals surface area contributed by atoms with Crippen molar-refractivity contribution >= 4 is 23.7 Å². The molecule has 0 aliphatic rings. The van der Waals surface area contributed by atoms with Crippen LogP contribution in [0.15, 0.2) is 53.6 Å². The molecule has 4 aromatic heterocycles. The summed E-state index contributed by atoms with van der Waals surface area (Å²) in [5.74, 6) is 0.616. The molecule has 0 saturated carbocycles. The van der Waals surface area contributed by atoms with Crippen molar-refractivity contribution in [1.29, 1.82) is 0 Å². The Labute approximate surface area is 184 Å². The van der Waals surface area contributed by atoms with E-state index in [4.69, 9.17) is 14.4 Å². The van der Waals surface area contributed by atoms with Crippen LogP contribution in [0.1, 0.15) is 21.8 Å². The van der Waals surface area contributed by atoms with Crippen molar-refractivity contribution in [2.24, 2.45) is 0 Å². The smallest absolute Gasteiger partial charge is 0.251 e. The van der Waals surface area contributed by atoms with Gasteiger partial charge in [-0.25, -0.2) is 9.55 Å². The first-order valence-electron chi connectivity index (χ1n) is 9.89. The number of amides is 1. The van der Waals surface area contributed by atoms with Gasteiger partial charge in [-0.1, -0.05) is 5.16 Å². The number of rotatable bonds is 6. The van der Waals surface area contributed by atoms with E-state index in [9.17, 15) is 4.79 Å². The quantitative estimate of drug-likeness (QED) is 0.337. The molecule has 166 valence electrons. The minimum absolute atomic E-state index is 0.125. The lowest BCUT2D eigenvalue weighted by molar-refractivity contribution is -0.694. The predicted molar refractivity (Wildman–Crippen MR) is 115 cm³/mol. The average molecular weight is 436 g/mol. The molecule has 10 nitrogen and oxygen atoms in total. The molecule has 0 bridgehead atoms. The van der Waals surface area contributed by atoms with E-state index in [0.717, 1.165) is 28.4 Å². The van der Waals surface area contributed by atoms with Gasteiger partial charge in [-0.2, -0.15) is 0 Å². The average Bonchev–Trinajstić information content (AvgIpc) is 3.35. The van der Waals surface area contributed by atoms with Crippen LogP contribution in [0.3, 0.4) is 0 Å². The summed E-state index contributed by atoms with van der Waals surface area (Å²) < 4.78 is 9.22. The van der Waals surface area contributed by atoms with E-state index in [-0.39, 0.29) is 5.91 Å². The fraction of sp³-hybridized carbons (Fsp3) is 0.227. The third-order valence-corrected chi connectivity index (χ3v) is 4.87. The first-order valence-corrected chi connectivity index (χ1v) is 9.89. The summed E-state index contributed by atoms with van der Waals surface area (Å²) >= 11 is 0. The molecule has 0 radical (unpaired) electrons. The Kier molecular flexibility index (Phi) is 7.17. The Balaban J connectivity index is 0.000000913. The molecule has 0 aromatic carbocycles. The topological polar surface area (TPSA) is 128 Å². The van der Waals surface area contributed by atoms with Crippen molar-refractivity contribution in [1.82, 2.24) is 19.9 Å². The van der Waals surface area contributed by atoms with E-state index in [0.29, 0.717) is 24.3 Å². The molecule has 0 aliphatic carbocycles. The molecule has 0 saturated heterocycles. The summed E-state index contributed by atoms with van der Waals surface area (Å²) in [7, 11) is 1.88. The van der Waals surface area contributed by atoms with Gasteiger partial charge in [-0.3, -0.25) is 9.20 Å². The van der Waals surface area contributed by atoms with Crippen LogP contribution in [-0.4, -0.2) is 40.5 Å². The van der Waals surface area contributed by atoms with Gasteiger partial charge in [0.25, 0.3) is 5.91 Å². The van der Waals surface area contributed by atoms with E-state index in [2.05, 4.69) is 20.8 Å². The fourth-order valence-electron chi connectivity index (χ4n) is 3.37. The van der Waals surface area contributed by atoms with Gasteiger partial charge in [0.1, 0.15) is 11.4 Å². The minimum Gasteiger partial charge on any atom is -0.554 e. The molecule has 0 fully saturated rings. The van der Waals surface area contributed by atoms with Crippen LogP contribution in [-0.2, 0) is 11.3 Å². The normalized spacial score (nSPS) is 10.3. The number of hydrogen-bond donors (Lipinski definition) is 2. The number of anilines is 1. The van der Waals surface area contributed by atoms with Crippen molar-refractivity contribution in [3.63, 3.8) is 0 Å². The first-order chi connectivity index (χ1) is 15.5. The molecular formula is C22H24N6O4. The summed E-state index contributed by atoms with van der Waals surface area (Å²) in [5, 5.41) is 18.3. The van der Waals surface area contributed by atoms with Crippen LogP contribution in [0, 0.1) is 13.8 Å². The Morgan fingerprint density at radius 3 is 2.81 bits per heavy atom. The maximum absolute atomic E-state index is 12.6. The number of carboxylic acid groups (broad SMARTS) is 1. The molecule has 4 heterocycles. The number of nitrogens with one attached hydrogen (secondary N) is 2. The summed E-state index contributed by atoms with van der Waals surface area (Å²) in [6.45, 7) is 4.49. The molecule has 0 aliphatic heterocycles. The molecule has 0 atom stereocenters. The second kappa shape index (κ2) is 10.2. The molecular weight excluding hydrogens is 412 g/mol.